The van der Waals surface area contributed by atoms with Crippen LogP contribution in [0.4, 0.5) is 4.79 Å². The van der Waals surface area contributed by atoms with Gasteiger partial charge in [-0.15, -0.1) is 0 Å². The lowest BCUT2D eigenvalue weighted by Gasteiger charge is -2.05. The molecule has 0 spiro atoms. The van der Waals surface area contributed by atoms with Gasteiger partial charge in [-0.3, -0.25) is 0 Å². The Morgan fingerprint density at radius 2 is 2.45 bits per heavy atom. The maximum absolute atomic E-state index is 10.6. The van der Waals surface area contributed by atoms with Crippen molar-refractivity contribution in [3.8, 4) is 0 Å². The second-order valence-electron chi connectivity index (χ2n) is 1.62. The van der Waals surface area contributed by atoms with Crippen molar-refractivity contribution in [2.24, 2.45) is 4.99 Å². The maximum Gasteiger partial charge on any atom is 0.510 e. The van der Waals surface area contributed by atoms with Crippen molar-refractivity contribution in [1.29, 1.82) is 0 Å². The van der Waals surface area contributed by atoms with Gasteiger partial charge in [-0.05, 0) is 26.1 Å². The third-order valence-electron chi connectivity index (χ3n) is 0.763. The molecule has 4 nitrogen and oxygen atoms in total. The van der Waals surface area contributed by atoms with E-state index >= 15 is 0 Å². The van der Waals surface area contributed by atoms with Crippen LogP contribution in [-0.2, 0) is 9.47 Å². The predicted molar refractivity (Wildman–Crippen MR) is 42.6 cm³/mol. The summed E-state index contributed by atoms with van der Waals surface area (Å²) < 4.78 is 9.05. The van der Waals surface area contributed by atoms with Gasteiger partial charge < -0.3 is 9.47 Å². The summed E-state index contributed by atoms with van der Waals surface area (Å²) in [4.78, 5) is 14.1. The first-order valence-electron chi connectivity index (χ1n) is 3.11. The van der Waals surface area contributed by atoms with Crippen LogP contribution < -0.4 is 0 Å². The van der Waals surface area contributed by atoms with E-state index in [0.717, 1.165) is 0 Å². The Kier molecular flexibility index (Phi) is 5.33. The first-order valence-corrected chi connectivity index (χ1v) is 3.52. The molecule has 0 radical (unpaired) electrons. The summed E-state index contributed by atoms with van der Waals surface area (Å²) in [6.07, 6.45) is -1.36. The Morgan fingerprint density at radius 3 is 2.91 bits per heavy atom. The van der Waals surface area contributed by atoms with E-state index in [1.807, 2.05) is 0 Å². The van der Waals surface area contributed by atoms with Gasteiger partial charge >= 0.3 is 6.16 Å². The average Bonchev–Trinajstić information content (AvgIpc) is 1.87. The number of ether oxygens (including phenoxy) is 2. The predicted octanol–water partition coefficient (Wildman–Crippen LogP) is 1.61. The molecule has 1 unspecified atom stereocenters. The third-order valence-corrected chi connectivity index (χ3v) is 0.869. The van der Waals surface area contributed by atoms with E-state index in [1.165, 1.54) is 0 Å². The van der Waals surface area contributed by atoms with E-state index in [2.05, 4.69) is 31.8 Å². The lowest BCUT2D eigenvalue weighted by atomic mass is 10.7. The van der Waals surface area contributed by atoms with Crippen LogP contribution in [0.1, 0.15) is 13.8 Å². The van der Waals surface area contributed by atoms with Gasteiger partial charge in [0.1, 0.15) is 0 Å². The fourth-order valence-electron chi connectivity index (χ4n) is 0.392. The van der Waals surface area contributed by atoms with Crippen LogP contribution >= 0.6 is 12.2 Å². The minimum atomic E-state index is -0.742. The number of carbonyl (C=O) groups excluding carboxylic acids is 1. The highest BCUT2D eigenvalue weighted by atomic mass is 32.1. The lowest BCUT2D eigenvalue weighted by Crippen LogP contribution is -2.13. The molecular formula is C6H9NO3S. The molecular weight excluding hydrogens is 166 g/mol. The topological polar surface area (TPSA) is 47.9 Å². The Bertz CT molecular complexity index is 177. The summed E-state index contributed by atoms with van der Waals surface area (Å²) in [6.45, 7) is 3.54. The molecule has 0 rings (SSSR count). The zero-order valence-electron chi connectivity index (χ0n) is 6.36. The van der Waals surface area contributed by atoms with Crippen molar-refractivity contribution >= 4 is 23.5 Å². The molecule has 0 aromatic rings. The summed E-state index contributed by atoms with van der Waals surface area (Å²) in [6, 6.07) is 0. The van der Waals surface area contributed by atoms with Crippen molar-refractivity contribution in [2.75, 3.05) is 6.61 Å². The molecule has 0 fully saturated rings. The quantitative estimate of drug-likeness (QED) is 0.371. The second-order valence-corrected chi connectivity index (χ2v) is 1.80. The molecule has 0 aliphatic heterocycles. The van der Waals surface area contributed by atoms with Gasteiger partial charge in [-0.1, -0.05) is 0 Å². The van der Waals surface area contributed by atoms with Crippen LogP contribution in [0.25, 0.3) is 0 Å². The second kappa shape index (κ2) is 5.82. The number of isothiocyanates is 1. The van der Waals surface area contributed by atoms with Crippen molar-refractivity contribution < 1.29 is 14.3 Å². The third kappa shape index (κ3) is 5.51. The van der Waals surface area contributed by atoms with E-state index in [9.17, 15) is 4.79 Å². The van der Waals surface area contributed by atoms with E-state index in [1.54, 1.807) is 13.8 Å². The number of hydrogen-bond acceptors (Lipinski definition) is 5. The molecule has 0 saturated heterocycles. The van der Waals surface area contributed by atoms with Gasteiger partial charge in [-0.25, -0.2) is 4.79 Å². The molecule has 0 aromatic heterocycles. The van der Waals surface area contributed by atoms with Gasteiger partial charge in [-0.2, -0.15) is 4.99 Å². The highest BCUT2D eigenvalue weighted by molar-refractivity contribution is 7.78. The summed E-state index contributed by atoms with van der Waals surface area (Å²) in [5, 5.41) is 2.09. The number of hydrogen-bond donors (Lipinski definition) is 0. The summed E-state index contributed by atoms with van der Waals surface area (Å²) in [7, 11) is 0. The largest absolute Gasteiger partial charge is 0.510 e. The average molecular weight is 175 g/mol. The Labute approximate surface area is 70.2 Å². The van der Waals surface area contributed by atoms with Crippen molar-refractivity contribution in [2.45, 2.75) is 20.1 Å². The minimum absolute atomic E-state index is 0.285. The van der Waals surface area contributed by atoms with E-state index < -0.39 is 12.4 Å². The Hall–Kier alpha value is -0.930. The van der Waals surface area contributed by atoms with E-state index in [4.69, 9.17) is 0 Å². The van der Waals surface area contributed by atoms with Gasteiger partial charge in [0, 0.05) is 0 Å². The molecule has 0 heterocycles. The van der Waals surface area contributed by atoms with Gasteiger partial charge in [0.2, 0.25) is 6.23 Å². The molecule has 1 atom stereocenters. The van der Waals surface area contributed by atoms with Crippen LogP contribution in [0.2, 0.25) is 0 Å². The molecule has 11 heavy (non-hydrogen) atoms. The summed E-state index contributed by atoms with van der Waals surface area (Å²) in [5.41, 5.74) is 0. The Balaban J connectivity index is 3.65. The molecule has 0 saturated carbocycles. The lowest BCUT2D eigenvalue weighted by molar-refractivity contribution is 0.0353. The number of thiocarbonyl (C=S) groups is 1. The highest BCUT2D eigenvalue weighted by Gasteiger charge is 2.06. The molecule has 0 N–H and O–H groups in total. The molecule has 0 aliphatic carbocycles. The van der Waals surface area contributed by atoms with Gasteiger partial charge in [0.05, 0.1) is 11.8 Å². The summed E-state index contributed by atoms with van der Waals surface area (Å²) >= 11 is 4.30. The van der Waals surface area contributed by atoms with Crippen LogP contribution in [0.15, 0.2) is 4.99 Å². The zero-order valence-corrected chi connectivity index (χ0v) is 7.18. The standard InChI is InChI=1S/C6H9NO3S/c1-3-9-6(8)10-5(2)7-4-11/h5H,3H2,1-2H3. The summed E-state index contributed by atoms with van der Waals surface area (Å²) in [5.74, 6) is 0. The van der Waals surface area contributed by atoms with Crippen molar-refractivity contribution in [3.05, 3.63) is 0 Å². The molecule has 0 bridgehead atoms. The smallest absolute Gasteiger partial charge is 0.435 e. The Morgan fingerprint density at radius 1 is 1.82 bits per heavy atom. The molecule has 0 aromatic carbocycles. The first-order chi connectivity index (χ1) is 5.20. The van der Waals surface area contributed by atoms with Crippen molar-refractivity contribution in [3.63, 3.8) is 0 Å². The number of aliphatic imine (C=N–C) groups is 1. The SMILES string of the molecule is CCOC(=O)OC(C)N=C=S. The first kappa shape index (κ1) is 10.1. The molecule has 62 valence electrons. The molecule has 0 amide bonds. The number of carbonyl (C=O) groups is 1. The fraction of sp³-hybridized carbons (Fsp3) is 0.667. The number of rotatable bonds is 3. The molecule has 5 heteroatoms. The monoisotopic (exact) mass is 175 g/mol. The van der Waals surface area contributed by atoms with E-state index in [0.29, 0.717) is 0 Å². The highest BCUT2D eigenvalue weighted by Crippen LogP contribution is 1.94. The van der Waals surface area contributed by atoms with Crippen LogP contribution in [0.3, 0.4) is 0 Å². The fourth-order valence-corrected chi connectivity index (χ4v) is 0.540. The van der Waals surface area contributed by atoms with Gasteiger partial charge in [0.25, 0.3) is 0 Å². The molecule has 0 aliphatic rings. The minimum Gasteiger partial charge on any atom is -0.435 e. The van der Waals surface area contributed by atoms with Crippen molar-refractivity contribution in [1.82, 2.24) is 0 Å². The van der Waals surface area contributed by atoms with Crippen LogP contribution in [0.5, 0.6) is 0 Å². The van der Waals surface area contributed by atoms with E-state index in [-0.39, 0.29) is 6.61 Å². The zero-order chi connectivity index (χ0) is 8.69. The van der Waals surface area contributed by atoms with Crippen LogP contribution in [0, 0.1) is 0 Å². The number of nitrogens with zero attached hydrogens (tertiary/aromatic N) is 1. The van der Waals surface area contributed by atoms with Gasteiger partial charge in [0.15, 0.2) is 0 Å². The normalized spacial score (nSPS) is 11.1. The van der Waals surface area contributed by atoms with Crippen LogP contribution in [-0.4, -0.2) is 24.2 Å². The maximum atomic E-state index is 10.6.